The third kappa shape index (κ3) is 3.03. The van der Waals surface area contributed by atoms with Crippen LogP contribution in [0.15, 0.2) is 101 Å². The number of rotatable bonds is 3. The quantitative estimate of drug-likeness (QED) is 0.377. The van der Waals surface area contributed by atoms with E-state index in [1.165, 1.54) is 11.1 Å². The number of nitrogens with zero attached hydrogens (tertiary/aromatic N) is 1. The zero-order valence-corrected chi connectivity index (χ0v) is 15.2. The van der Waals surface area contributed by atoms with Gasteiger partial charge in [-0.05, 0) is 58.7 Å². The molecule has 4 aromatic carbocycles. The first kappa shape index (κ1) is 16.3. The smallest absolute Gasteiger partial charge is 0.227 e. The average Bonchev–Trinajstić information content (AvgIpc) is 3.19. The number of nitrogen functional groups attached to an aromatic ring is 1. The molecule has 0 bridgehead atoms. The van der Waals surface area contributed by atoms with Gasteiger partial charge in [-0.15, -0.1) is 0 Å². The Morgan fingerprint density at radius 3 is 1.54 bits per heavy atom. The Hall–Kier alpha value is -3.85. The van der Waals surface area contributed by atoms with E-state index < -0.39 is 0 Å². The van der Waals surface area contributed by atoms with Crippen LogP contribution in [0.1, 0.15) is 0 Å². The largest absolute Gasteiger partial charge is 0.436 e. The summed E-state index contributed by atoms with van der Waals surface area (Å²) in [5, 5.41) is 0. The molecule has 0 unspecified atom stereocenters. The molecule has 5 rings (SSSR count). The molecule has 3 heteroatoms. The van der Waals surface area contributed by atoms with Crippen LogP contribution < -0.4 is 5.73 Å². The number of nitrogens with two attached hydrogens (primary N) is 1. The monoisotopic (exact) mass is 362 g/mol. The topological polar surface area (TPSA) is 52.0 Å². The summed E-state index contributed by atoms with van der Waals surface area (Å²) in [6.07, 6.45) is 0. The number of fused-ring (bicyclic) bond motifs is 1. The van der Waals surface area contributed by atoms with Crippen LogP contribution in [-0.2, 0) is 0 Å². The third-order valence-electron chi connectivity index (χ3n) is 4.89. The Morgan fingerprint density at radius 1 is 0.536 bits per heavy atom. The molecule has 1 aromatic heterocycles. The Bertz CT molecular complexity index is 1200. The summed E-state index contributed by atoms with van der Waals surface area (Å²) in [5.74, 6) is 0.645. The van der Waals surface area contributed by atoms with Crippen LogP contribution in [-0.4, -0.2) is 4.98 Å². The van der Waals surface area contributed by atoms with E-state index in [2.05, 4.69) is 41.4 Å². The SMILES string of the molecule is Nc1ccc(-c2ccc(-c3ccc(-c4nc5ccccc5o4)cc3)cc2)cc1. The molecule has 0 aliphatic rings. The molecule has 28 heavy (non-hydrogen) atoms. The fraction of sp³-hybridized carbons (Fsp3) is 0. The molecular weight excluding hydrogens is 344 g/mol. The van der Waals surface area contributed by atoms with Crippen molar-refractivity contribution in [2.75, 3.05) is 5.73 Å². The third-order valence-corrected chi connectivity index (χ3v) is 4.89. The van der Waals surface area contributed by atoms with Crippen molar-refractivity contribution in [2.24, 2.45) is 0 Å². The van der Waals surface area contributed by atoms with E-state index in [9.17, 15) is 0 Å². The molecule has 3 nitrogen and oxygen atoms in total. The Morgan fingerprint density at radius 2 is 1.00 bits per heavy atom. The molecule has 0 spiro atoms. The number of hydrogen-bond acceptors (Lipinski definition) is 3. The highest BCUT2D eigenvalue weighted by Crippen LogP contribution is 2.29. The lowest BCUT2D eigenvalue weighted by Gasteiger charge is -2.06. The maximum atomic E-state index is 5.85. The predicted octanol–water partition coefficient (Wildman–Crippen LogP) is 6.41. The van der Waals surface area contributed by atoms with Crippen molar-refractivity contribution in [1.82, 2.24) is 4.98 Å². The lowest BCUT2D eigenvalue weighted by Crippen LogP contribution is -1.84. The van der Waals surface area contributed by atoms with Crippen LogP contribution in [0.3, 0.4) is 0 Å². The van der Waals surface area contributed by atoms with Crippen molar-refractivity contribution in [3.05, 3.63) is 97.1 Å². The minimum Gasteiger partial charge on any atom is -0.436 e. The van der Waals surface area contributed by atoms with Gasteiger partial charge in [-0.25, -0.2) is 4.98 Å². The van der Waals surface area contributed by atoms with Crippen molar-refractivity contribution in [3.8, 4) is 33.7 Å². The molecule has 0 amide bonds. The highest BCUT2D eigenvalue weighted by atomic mass is 16.3. The van der Waals surface area contributed by atoms with Crippen LogP contribution in [0.25, 0.3) is 44.8 Å². The van der Waals surface area contributed by atoms with Crippen LogP contribution in [0.2, 0.25) is 0 Å². The number of aromatic nitrogens is 1. The Balaban J connectivity index is 1.41. The van der Waals surface area contributed by atoms with Crippen LogP contribution in [0.4, 0.5) is 5.69 Å². The van der Waals surface area contributed by atoms with Gasteiger partial charge in [0, 0.05) is 11.3 Å². The average molecular weight is 362 g/mol. The second-order valence-corrected chi connectivity index (χ2v) is 6.76. The molecule has 0 atom stereocenters. The van der Waals surface area contributed by atoms with Gasteiger partial charge in [0.1, 0.15) is 5.52 Å². The van der Waals surface area contributed by atoms with Crippen molar-refractivity contribution in [1.29, 1.82) is 0 Å². The first-order chi connectivity index (χ1) is 13.8. The molecule has 1 heterocycles. The summed E-state index contributed by atoms with van der Waals surface area (Å²) in [5.41, 5.74) is 13.9. The van der Waals surface area contributed by atoms with Gasteiger partial charge in [-0.1, -0.05) is 60.7 Å². The predicted molar refractivity (Wildman–Crippen MR) is 115 cm³/mol. The van der Waals surface area contributed by atoms with E-state index in [0.717, 1.165) is 33.5 Å². The molecule has 0 saturated heterocycles. The highest BCUT2D eigenvalue weighted by molar-refractivity contribution is 5.77. The minimum absolute atomic E-state index is 0.645. The van der Waals surface area contributed by atoms with Crippen molar-refractivity contribution in [2.45, 2.75) is 0 Å². The molecule has 0 radical (unpaired) electrons. The first-order valence-corrected chi connectivity index (χ1v) is 9.19. The van der Waals surface area contributed by atoms with E-state index in [-0.39, 0.29) is 0 Å². The normalized spacial score (nSPS) is 11.0. The lowest BCUT2D eigenvalue weighted by molar-refractivity contribution is 0.620. The number of para-hydroxylation sites is 2. The van der Waals surface area contributed by atoms with E-state index in [1.807, 2.05) is 60.7 Å². The molecular formula is C25H18N2O. The first-order valence-electron chi connectivity index (χ1n) is 9.19. The van der Waals surface area contributed by atoms with Gasteiger partial charge in [-0.2, -0.15) is 0 Å². The number of benzene rings is 4. The lowest BCUT2D eigenvalue weighted by atomic mass is 9.99. The fourth-order valence-corrected chi connectivity index (χ4v) is 3.33. The Labute approximate surface area is 163 Å². The van der Waals surface area contributed by atoms with Gasteiger partial charge in [0.15, 0.2) is 5.58 Å². The van der Waals surface area contributed by atoms with Crippen LogP contribution in [0, 0.1) is 0 Å². The van der Waals surface area contributed by atoms with E-state index in [0.29, 0.717) is 5.89 Å². The van der Waals surface area contributed by atoms with Crippen LogP contribution in [0.5, 0.6) is 0 Å². The standard InChI is InChI=1S/C25H18N2O/c26-22-15-13-20(14-16-22)18-7-5-17(6-8-18)19-9-11-21(12-10-19)25-27-23-3-1-2-4-24(23)28-25/h1-16H,26H2. The van der Waals surface area contributed by atoms with Crippen molar-refractivity contribution in [3.63, 3.8) is 0 Å². The van der Waals surface area contributed by atoms with Gasteiger partial charge in [-0.3, -0.25) is 0 Å². The van der Waals surface area contributed by atoms with E-state index >= 15 is 0 Å². The summed E-state index contributed by atoms with van der Waals surface area (Å²) in [6.45, 7) is 0. The summed E-state index contributed by atoms with van der Waals surface area (Å²) >= 11 is 0. The molecule has 0 saturated carbocycles. The fourth-order valence-electron chi connectivity index (χ4n) is 3.33. The van der Waals surface area contributed by atoms with Crippen LogP contribution >= 0.6 is 0 Å². The summed E-state index contributed by atoms with van der Waals surface area (Å²) in [4.78, 5) is 4.56. The van der Waals surface area contributed by atoms with Crippen molar-refractivity contribution < 1.29 is 4.42 Å². The summed E-state index contributed by atoms with van der Waals surface area (Å²) < 4.78 is 5.85. The van der Waals surface area contributed by atoms with Gasteiger partial charge in [0.05, 0.1) is 0 Å². The van der Waals surface area contributed by atoms with Crippen molar-refractivity contribution >= 4 is 16.8 Å². The molecule has 5 aromatic rings. The summed E-state index contributed by atoms with van der Waals surface area (Å²) in [7, 11) is 0. The second-order valence-electron chi connectivity index (χ2n) is 6.76. The number of oxazole rings is 1. The highest BCUT2D eigenvalue weighted by Gasteiger charge is 2.08. The van der Waals surface area contributed by atoms with Gasteiger partial charge in [0.25, 0.3) is 0 Å². The molecule has 2 N–H and O–H groups in total. The number of anilines is 1. The number of hydrogen-bond donors (Lipinski definition) is 1. The molecule has 0 fully saturated rings. The molecule has 134 valence electrons. The van der Waals surface area contributed by atoms with E-state index in [1.54, 1.807) is 0 Å². The Kier molecular flexibility index (Phi) is 3.91. The second kappa shape index (κ2) is 6.71. The zero-order chi connectivity index (χ0) is 18.9. The minimum atomic E-state index is 0.645. The molecule has 0 aliphatic heterocycles. The van der Waals surface area contributed by atoms with E-state index in [4.69, 9.17) is 10.2 Å². The maximum Gasteiger partial charge on any atom is 0.227 e. The van der Waals surface area contributed by atoms with Gasteiger partial charge < -0.3 is 10.2 Å². The van der Waals surface area contributed by atoms with Gasteiger partial charge in [0.2, 0.25) is 5.89 Å². The zero-order valence-electron chi connectivity index (χ0n) is 15.2. The summed E-state index contributed by atoms with van der Waals surface area (Å²) in [6, 6.07) is 32.6. The van der Waals surface area contributed by atoms with Gasteiger partial charge >= 0.3 is 0 Å². The maximum absolute atomic E-state index is 5.85. The molecule has 0 aliphatic carbocycles.